The molecule has 1 N–H and O–H groups in total. The van der Waals surface area contributed by atoms with Gasteiger partial charge in [-0.1, -0.05) is 156 Å². The summed E-state index contributed by atoms with van der Waals surface area (Å²) in [5.74, 6) is 5.85. The summed E-state index contributed by atoms with van der Waals surface area (Å²) >= 11 is 0. The number of fused-ring (bicyclic) bond motifs is 5. The molecule has 0 heterocycles. The Morgan fingerprint density at radius 3 is 2.09 bits per heavy atom. The van der Waals surface area contributed by atoms with Crippen LogP contribution in [0.2, 0.25) is 0 Å². The van der Waals surface area contributed by atoms with Crippen LogP contribution in [0.25, 0.3) is 0 Å². The molecule has 3 fully saturated rings. The molecule has 4 rings (SSSR count). The van der Waals surface area contributed by atoms with E-state index >= 15 is 0 Å². The smallest absolute Gasteiger partial charge is 0.306 e. The Balaban J connectivity index is 1.13. The minimum Gasteiger partial charge on any atom is -0.481 e. The van der Waals surface area contributed by atoms with Crippen LogP contribution in [0, 0.1) is 58.2 Å². The highest BCUT2D eigenvalue weighted by Gasteiger charge is 2.59. The van der Waals surface area contributed by atoms with Crippen LogP contribution in [-0.2, 0) is 4.79 Å². The zero-order chi connectivity index (χ0) is 33.9. The van der Waals surface area contributed by atoms with E-state index in [1.165, 1.54) is 141 Å². The van der Waals surface area contributed by atoms with Gasteiger partial charge in [-0.15, -0.1) is 0 Å². The van der Waals surface area contributed by atoms with Gasteiger partial charge in [0.2, 0.25) is 0 Å². The highest BCUT2D eigenvalue weighted by molar-refractivity contribution is 5.69. The van der Waals surface area contributed by atoms with Gasteiger partial charge < -0.3 is 5.11 Å². The SMILES string of the molecule is CCCCCCCCC(CCCCCCCCC1CC[C@@]2(C)C(=CCC3C2CC[C@@]2(C)C3CC[C@@H]2[C@H](C)CCCC(C)C)C1)C(=O)O. The lowest BCUT2D eigenvalue weighted by atomic mass is 9.46. The van der Waals surface area contributed by atoms with Crippen molar-refractivity contribution in [1.82, 2.24) is 0 Å². The topological polar surface area (TPSA) is 37.3 Å². The van der Waals surface area contributed by atoms with E-state index in [0.717, 1.165) is 67.1 Å². The van der Waals surface area contributed by atoms with Crippen LogP contribution in [0.1, 0.15) is 208 Å². The van der Waals surface area contributed by atoms with Crippen molar-refractivity contribution in [2.45, 2.75) is 208 Å². The maximum Gasteiger partial charge on any atom is 0.306 e. The summed E-state index contributed by atoms with van der Waals surface area (Å²) in [6, 6.07) is 0. The quantitative estimate of drug-likeness (QED) is 0.0933. The Labute approximate surface area is 293 Å². The number of carboxylic acids is 1. The van der Waals surface area contributed by atoms with Gasteiger partial charge in [0.1, 0.15) is 0 Å². The van der Waals surface area contributed by atoms with Crippen LogP contribution < -0.4 is 0 Å². The first kappa shape index (κ1) is 39.0. The third-order valence-corrected chi connectivity index (χ3v) is 15.1. The maximum atomic E-state index is 11.7. The van der Waals surface area contributed by atoms with Crippen LogP contribution in [0.4, 0.5) is 0 Å². The standard InChI is InChI=1S/C45H80O2/c1-7-8-9-10-14-17-23-37(43(46)47)24-18-15-12-11-13-16-22-36-29-31-44(5)38(33-36)25-26-39-41-28-27-40(35(4)21-19-20-34(2)3)45(41,6)32-30-42(39)44/h25,34-37,39-42H,7-24,26-33H2,1-6H3,(H,46,47)/t35-,36?,37?,39?,40-,41?,42?,44+,45-/m1/s1. The molecule has 0 aromatic rings. The largest absolute Gasteiger partial charge is 0.481 e. The molecule has 0 saturated heterocycles. The van der Waals surface area contributed by atoms with E-state index in [-0.39, 0.29) is 5.92 Å². The van der Waals surface area contributed by atoms with Gasteiger partial charge in [0.25, 0.3) is 0 Å². The Hall–Kier alpha value is -0.790. The lowest BCUT2D eigenvalue weighted by Crippen LogP contribution is -2.50. The molecule has 0 aliphatic heterocycles. The average Bonchev–Trinajstić information content (AvgIpc) is 3.39. The Bertz CT molecular complexity index is 950. The summed E-state index contributed by atoms with van der Waals surface area (Å²) in [6.45, 7) is 15.1. The number of rotatable bonds is 22. The lowest BCUT2D eigenvalue weighted by Gasteiger charge is -2.58. The highest BCUT2D eigenvalue weighted by Crippen LogP contribution is 2.67. The van der Waals surface area contributed by atoms with Crippen LogP contribution in [-0.4, -0.2) is 11.1 Å². The summed E-state index contributed by atoms with van der Waals surface area (Å²) in [4.78, 5) is 11.7. The number of aliphatic carboxylic acids is 1. The van der Waals surface area contributed by atoms with Crippen LogP contribution in [0.15, 0.2) is 11.6 Å². The molecular formula is C45H80O2. The van der Waals surface area contributed by atoms with Crippen molar-refractivity contribution in [2.24, 2.45) is 58.2 Å². The molecule has 0 radical (unpaired) electrons. The predicted molar refractivity (Wildman–Crippen MR) is 203 cm³/mol. The second kappa shape index (κ2) is 19.0. The van der Waals surface area contributed by atoms with E-state index in [0.29, 0.717) is 10.8 Å². The van der Waals surface area contributed by atoms with Gasteiger partial charge in [0, 0.05) is 0 Å². The number of carboxylic acid groups (broad SMARTS) is 1. The minimum absolute atomic E-state index is 0.108. The van der Waals surface area contributed by atoms with E-state index in [2.05, 4.69) is 47.6 Å². The first-order valence-corrected chi connectivity index (χ1v) is 21.5. The summed E-state index contributed by atoms with van der Waals surface area (Å²) in [6.07, 6.45) is 37.2. The first-order chi connectivity index (χ1) is 22.6. The molecule has 0 bridgehead atoms. The van der Waals surface area contributed by atoms with Crippen molar-refractivity contribution in [3.8, 4) is 0 Å². The Morgan fingerprint density at radius 1 is 0.766 bits per heavy atom. The van der Waals surface area contributed by atoms with E-state index in [4.69, 9.17) is 0 Å². The Kier molecular flexibility index (Phi) is 15.8. The third-order valence-electron chi connectivity index (χ3n) is 15.1. The van der Waals surface area contributed by atoms with Crippen molar-refractivity contribution >= 4 is 5.97 Å². The zero-order valence-electron chi connectivity index (χ0n) is 32.4. The minimum atomic E-state index is -0.558. The molecule has 5 unspecified atom stereocenters. The van der Waals surface area contributed by atoms with Gasteiger partial charge in [0.15, 0.2) is 0 Å². The van der Waals surface area contributed by atoms with Gasteiger partial charge in [-0.25, -0.2) is 0 Å². The molecule has 2 nitrogen and oxygen atoms in total. The highest BCUT2D eigenvalue weighted by atomic mass is 16.4. The molecule has 4 aliphatic rings. The van der Waals surface area contributed by atoms with E-state index < -0.39 is 5.97 Å². The van der Waals surface area contributed by atoms with Crippen LogP contribution in [0.5, 0.6) is 0 Å². The average molecular weight is 653 g/mol. The Morgan fingerprint density at radius 2 is 1.43 bits per heavy atom. The number of allylic oxidation sites excluding steroid dienone is 2. The van der Waals surface area contributed by atoms with Gasteiger partial charge in [-0.05, 0) is 116 Å². The molecule has 272 valence electrons. The molecule has 47 heavy (non-hydrogen) atoms. The van der Waals surface area contributed by atoms with Crippen molar-refractivity contribution < 1.29 is 9.90 Å². The van der Waals surface area contributed by atoms with Crippen molar-refractivity contribution in [2.75, 3.05) is 0 Å². The van der Waals surface area contributed by atoms with E-state index in [1.807, 2.05) is 5.57 Å². The van der Waals surface area contributed by atoms with Gasteiger partial charge >= 0.3 is 5.97 Å². The molecule has 9 atom stereocenters. The predicted octanol–water partition coefficient (Wildman–Crippen LogP) is 14.2. The van der Waals surface area contributed by atoms with Crippen molar-refractivity contribution in [3.63, 3.8) is 0 Å². The molecule has 0 aromatic heterocycles. The summed E-state index contributed by atoms with van der Waals surface area (Å²) in [5, 5.41) is 9.66. The summed E-state index contributed by atoms with van der Waals surface area (Å²) < 4.78 is 0. The summed E-state index contributed by atoms with van der Waals surface area (Å²) in [7, 11) is 0. The zero-order valence-corrected chi connectivity index (χ0v) is 32.4. The van der Waals surface area contributed by atoms with Gasteiger partial charge in [0.05, 0.1) is 5.92 Å². The second-order valence-corrected chi connectivity index (χ2v) is 18.7. The molecule has 2 heteroatoms. The van der Waals surface area contributed by atoms with Crippen LogP contribution >= 0.6 is 0 Å². The number of unbranched alkanes of at least 4 members (excludes halogenated alkanes) is 10. The van der Waals surface area contributed by atoms with Crippen molar-refractivity contribution in [3.05, 3.63) is 11.6 Å². The molecule has 0 aromatic carbocycles. The second-order valence-electron chi connectivity index (χ2n) is 18.7. The molecule has 0 amide bonds. The first-order valence-electron chi connectivity index (χ1n) is 21.5. The third kappa shape index (κ3) is 10.4. The normalized spacial score (nSPS) is 33.2. The van der Waals surface area contributed by atoms with E-state index in [9.17, 15) is 9.90 Å². The van der Waals surface area contributed by atoms with Gasteiger partial charge in [-0.3, -0.25) is 4.79 Å². The fraction of sp³-hybridized carbons (Fsp3) is 0.933. The summed E-state index contributed by atoms with van der Waals surface area (Å²) in [5.41, 5.74) is 2.97. The number of hydrogen-bond acceptors (Lipinski definition) is 1. The van der Waals surface area contributed by atoms with Gasteiger partial charge in [-0.2, -0.15) is 0 Å². The molecule has 4 aliphatic carbocycles. The maximum absolute atomic E-state index is 11.7. The number of hydrogen-bond donors (Lipinski definition) is 1. The fourth-order valence-corrected chi connectivity index (χ4v) is 12.1. The number of carbonyl (C=O) groups is 1. The monoisotopic (exact) mass is 653 g/mol. The fourth-order valence-electron chi connectivity index (χ4n) is 12.1. The van der Waals surface area contributed by atoms with E-state index in [1.54, 1.807) is 0 Å². The molecule has 3 saturated carbocycles. The molecule has 0 spiro atoms. The van der Waals surface area contributed by atoms with Crippen LogP contribution in [0.3, 0.4) is 0 Å². The lowest BCUT2D eigenvalue weighted by molar-refractivity contribution is -0.142. The van der Waals surface area contributed by atoms with Crippen molar-refractivity contribution in [1.29, 1.82) is 0 Å². The molecular weight excluding hydrogens is 572 g/mol.